The summed E-state index contributed by atoms with van der Waals surface area (Å²) in [6, 6.07) is 3.95. The lowest BCUT2D eigenvalue weighted by Gasteiger charge is -2.15. The van der Waals surface area contributed by atoms with Crippen molar-refractivity contribution in [2.45, 2.75) is 26.3 Å². The Labute approximate surface area is 126 Å². The number of furan rings is 1. The maximum Gasteiger partial charge on any atom is 0.169 e. The van der Waals surface area contributed by atoms with Gasteiger partial charge in [0.2, 0.25) is 0 Å². The largest absolute Gasteiger partial charge is 0.453 e. The number of aromatic nitrogens is 2. The van der Waals surface area contributed by atoms with E-state index in [1.54, 1.807) is 0 Å². The summed E-state index contributed by atoms with van der Waals surface area (Å²) in [5, 5.41) is 8.48. The van der Waals surface area contributed by atoms with Gasteiger partial charge in [0.15, 0.2) is 4.67 Å². The molecule has 19 heavy (non-hydrogen) atoms. The van der Waals surface area contributed by atoms with E-state index in [0.29, 0.717) is 0 Å². The van der Waals surface area contributed by atoms with Crippen LogP contribution in [0.25, 0.3) is 0 Å². The van der Waals surface area contributed by atoms with Crippen molar-refractivity contribution in [3.63, 3.8) is 0 Å². The summed E-state index contributed by atoms with van der Waals surface area (Å²) >= 11 is 9.63. The summed E-state index contributed by atoms with van der Waals surface area (Å²) in [6.07, 6.45) is 0.740. The molecule has 0 aliphatic heterocycles. The van der Waals surface area contributed by atoms with Crippen LogP contribution in [-0.4, -0.2) is 16.3 Å². The average Bonchev–Trinajstić information content (AvgIpc) is 2.88. The van der Waals surface area contributed by atoms with E-state index < -0.39 is 0 Å². The van der Waals surface area contributed by atoms with Crippen LogP contribution < -0.4 is 5.32 Å². The molecule has 0 saturated carbocycles. The third-order valence-electron chi connectivity index (χ3n) is 3.05. The fraction of sp³-hybridized carbons (Fsp3) is 0.462. The summed E-state index contributed by atoms with van der Waals surface area (Å²) in [5.41, 5.74) is 1.87. The predicted octanol–water partition coefficient (Wildman–Crippen LogP) is 3.63. The van der Waals surface area contributed by atoms with Crippen LogP contribution in [0.2, 0.25) is 5.02 Å². The molecular weight excluding hydrogens is 330 g/mol. The maximum absolute atomic E-state index is 6.30. The third-order valence-corrected chi connectivity index (χ3v) is 3.96. The normalized spacial score (nSPS) is 12.9. The molecule has 0 amide bonds. The van der Waals surface area contributed by atoms with E-state index in [-0.39, 0.29) is 6.04 Å². The highest BCUT2D eigenvalue weighted by Crippen LogP contribution is 2.27. The van der Waals surface area contributed by atoms with Crippen molar-refractivity contribution in [3.05, 3.63) is 39.0 Å². The number of nitrogens with zero attached hydrogens (tertiary/aromatic N) is 2. The van der Waals surface area contributed by atoms with Gasteiger partial charge in [0.1, 0.15) is 5.76 Å². The van der Waals surface area contributed by atoms with Crippen LogP contribution in [0.3, 0.4) is 0 Å². The Hall–Kier alpha value is -0.780. The van der Waals surface area contributed by atoms with Crippen LogP contribution in [0.5, 0.6) is 0 Å². The number of nitrogens with one attached hydrogen (secondary N) is 1. The third kappa shape index (κ3) is 3.22. The first-order chi connectivity index (χ1) is 9.02. The highest BCUT2D eigenvalue weighted by atomic mass is 79.9. The molecule has 2 heterocycles. The van der Waals surface area contributed by atoms with E-state index in [9.17, 15) is 0 Å². The Bertz CT molecular complexity index is 564. The molecule has 0 bridgehead atoms. The number of hydrogen-bond donors (Lipinski definition) is 1. The number of hydrogen-bond acceptors (Lipinski definition) is 3. The molecule has 104 valence electrons. The Morgan fingerprint density at radius 1 is 1.53 bits per heavy atom. The molecule has 0 fully saturated rings. The molecule has 1 atom stereocenters. The van der Waals surface area contributed by atoms with Crippen molar-refractivity contribution in [2.24, 2.45) is 7.05 Å². The molecule has 6 heteroatoms. The zero-order chi connectivity index (χ0) is 14.0. The highest BCUT2D eigenvalue weighted by Gasteiger charge is 2.20. The molecule has 0 saturated heterocycles. The number of aryl methyl sites for hydroxylation is 2. The molecule has 1 N–H and O–H groups in total. The second-order valence-electron chi connectivity index (χ2n) is 4.43. The lowest BCUT2D eigenvalue weighted by Crippen LogP contribution is -2.23. The van der Waals surface area contributed by atoms with Crippen LogP contribution in [0, 0.1) is 6.92 Å². The van der Waals surface area contributed by atoms with Crippen molar-refractivity contribution in [2.75, 3.05) is 6.54 Å². The second-order valence-corrected chi connectivity index (χ2v) is 5.59. The van der Waals surface area contributed by atoms with Gasteiger partial charge < -0.3 is 9.73 Å². The van der Waals surface area contributed by atoms with Crippen LogP contribution in [0.15, 0.2) is 21.2 Å². The van der Waals surface area contributed by atoms with Gasteiger partial charge in [-0.25, -0.2) is 0 Å². The van der Waals surface area contributed by atoms with Crippen molar-refractivity contribution in [1.82, 2.24) is 15.1 Å². The monoisotopic (exact) mass is 345 g/mol. The summed E-state index contributed by atoms with van der Waals surface area (Å²) in [4.78, 5) is 0. The van der Waals surface area contributed by atoms with Gasteiger partial charge in [-0.05, 0) is 41.5 Å². The standard InChI is InChI=1S/C13H17BrClN3O/c1-4-16-9(11-5-6-12(14)19-11)7-10-13(15)8(2)17-18(10)3/h5-6,9,16H,4,7H2,1-3H3. The molecule has 0 aliphatic carbocycles. The minimum atomic E-state index is 0.0867. The Morgan fingerprint density at radius 2 is 2.26 bits per heavy atom. The summed E-state index contributed by atoms with van der Waals surface area (Å²) < 4.78 is 8.21. The quantitative estimate of drug-likeness (QED) is 0.899. The highest BCUT2D eigenvalue weighted by molar-refractivity contribution is 9.10. The Kier molecular flexibility index (Phi) is 4.71. The van der Waals surface area contributed by atoms with Gasteiger partial charge >= 0.3 is 0 Å². The van der Waals surface area contributed by atoms with Gasteiger partial charge in [0.05, 0.1) is 22.5 Å². The molecule has 0 spiro atoms. The number of halogens is 2. The topological polar surface area (TPSA) is 43.0 Å². The SMILES string of the molecule is CCNC(Cc1c(Cl)c(C)nn1C)c1ccc(Br)o1. The minimum absolute atomic E-state index is 0.0867. The van der Waals surface area contributed by atoms with E-state index in [1.807, 2.05) is 30.8 Å². The van der Waals surface area contributed by atoms with Crippen molar-refractivity contribution in [1.29, 1.82) is 0 Å². The molecule has 0 aliphatic rings. The van der Waals surface area contributed by atoms with Crippen LogP contribution >= 0.6 is 27.5 Å². The van der Waals surface area contributed by atoms with E-state index in [1.165, 1.54) is 0 Å². The maximum atomic E-state index is 6.30. The summed E-state index contributed by atoms with van der Waals surface area (Å²) in [5.74, 6) is 0.892. The van der Waals surface area contributed by atoms with Gasteiger partial charge in [0.25, 0.3) is 0 Å². The van der Waals surface area contributed by atoms with Crippen molar-refractivity contribution in [3.8, 4) is 0 Å². The molecule has 1 unspecified atom stereocenters. The summed E-state index contributed by atoms with van der Waals surface area (Å²) in [7, 11) is 1.91. The van der Waals surface area contributed by atoms with Crippen LogP contribution in [0.1, 0.15) is 30.1 Å². The zero-order valence-electron chi connectivity index (χ0n) is 11.2. The molecular formula is C13H17BrClN3O. The lowest BCUT2D eigenvalue weighted by atomic mass is 10.1. The van der Waals surface area contributed by atoms with Gasteiger partial charge in [0, 0.05) is 13.5 Å². The molecule has 2 rings (SSSR count). The fourth-order valence-electron chi connectivity index (χ4n) is 2.13. The van der Waals surface area contributed by atoms with Crippen molar-refractivity contribution >= 4 is 27.5 Å². The average molecular weight is 347 g/mol. The predicted molar refractivity (Wildman–Crippen MR) is 79.5 cm³/mol. The van der Waals surface area contributed by atoms with Gasteiger partial charge in [-0.2, -0.15) is 5.10 Å². The zero-order valence-corrected chi connectivity index (χ0v) is 13.5. The first-order valence-corrected chi connectivity index (χ1v) is 7.36. The van der Waals surface area contributed by atoms with Gasteiger partial charge in [-0.15, -0.1) is 0 Å². The van der Waals surface area contributed by atoms with Crippen LogP contribution in [-0.2, 0) is 13.5 Å². The molecule has 4 nitrogen and oxygen atoms in total. The van der Waals surface area contributed by atoms with E-state index in [2.05, 4.69) is 33.3 Å². The van der Waals surface area contributed by atoms with Gasteiger partial charge in [-0.3, -0.25) is 4.68 Å². The molecule has 2 aromatic heterocycles. The summed E-state index contributed by atoms with van der Waals surface area (Å²) in [6.45, 7) is 4.84. The number of rotatable bonds is 5. The fourth-order valence-corrected chi connectivity index (χ4v) is 2.69. The lowest BCUT2D eigenvalue weighted by molar-refractivity contribution is 0.400. The molecule has 2 aromatic rings. The van der Waals surface area contributed by atoms with Crippen LogP contribution in [0.4, 0.5) is 0 Å². The first-order valence-electron chi connectivity index (χ1n) is 6.19. The van der Waals surface area contributed by atoms with E-state index >= 15 is 0 Å². The van der Waals surface area contributed by atoms with Gasteiger partial charge in [-0.1, -0.05) is 18.5 Å². The van der Waals surface area contributed by atoms with E-state index in [0.717, 1.165) is 39.8 Å². The smallest absolute Gasteiger partial charge is 0.169 e. The molecule has 0 radical (unpaired) electrons. The Morgan fingerprint density at radius 3 is 2.74 bits per heavy atom. The molecule has 0 aromatic carbocycles. The van der Waals surface area contributed by atoms with E-state index in [4.69, 9.17) is 16.0 Å². The van der Waals surface area contributed by atoms with Crippen molar-refractivity contribution < 1.29 is 4.42 Å². The Balaban J connectivity index is 2.26. The first kappa shape index (κ1) is 14.6. The number of likely N-dealkylation sites (N-methyl/N-ethyl adjacent to an activating group) is 1. The minimum Gasteiger partial charge on any atom is -0.453 e. The second kappa shape index (κ2) is 6.11.